The second kappa shape index (κ2) is 6.68. The van der Waals surface area contributed by atoms with Gasteiger partial charge in [-0.1, -0.05) is 29.8 Å². The number of amides is 1. The van der Waals surface area contributed by atoms with Gasteiger partial charge in [0.15, 0.2) is 0 Å². The predicted molar refractivity (Wildman–Crippen MR) is 78.2 cm³/mol. The lowest BCUT2D eigenvalue weighted by molar-refractivity contribution is -0.140. The van der Waals surface area contributed by atoms with Crippen LogP contribution in [0.4, 0.5) is 0 Å². The molecule has 1 fully saturated rings. The van der Waals surface area contributed by atoms with Crippen molar-refractivity contribution < 1.29 is 14.6 Å². The lowest BCUT2D eigenvalue weighted by Gasteiger charge is -2.36. The van der Waals surface area contributed by atoms with E-state index in [0.717, 1.165) is 5.56 Å². The highest BCUT2D eigenvalue weighted by Gasteiger charge is 2.27. The maximum absolute atomic E-state index is 12.2. The van der Waals surface area contributed by atoms with Gasteiger partial charge in [-0.3, -0.25) is 4.79 Å². The lowest BCUT2D eigenvalue weighted by Crippen LogP contribution is -2.51. The Morgan fingerprint density at radius 2 is 2.35 bits per heavy atom. The Bertz CT molecular complexity index is 498. The molecular weight excluding hydrogens is 254 g/mol. The van der Waals surface area contributed by atoms with E-state index in [4.69, 9.17) is 9.84 Å². The first-order valence-corrected chi connectivity index (χ1v) is 6.88. The largest absolute Gasteiger partial charge is 0.394 e. The number of aliphatic hydroxyl groups is 1. The predicted octanol–water partition coefficient (Wildman–Crippen LogP) is 1.62. The molecule has 1 heterocycles. The Labute approximate surface area is 119 Å². The first kappa shape index (κ1) is 14.8. The van der Waals surface area contributed by atoms with Crippen molar-refractivity contribution >= 4 is 12.0 Å². The van der Waals surface area contributed by atoms with Crippen LogP contribution in [0.5, 0.6) is 0 Å². The number of morpholine rings is 1. The van der Waals surface area contributed by atoms with Crippen molar-refractivity contribution in [3.8, 4) is 0 Å². The summed E-state index contributed by atoms with van der Waals surface area (Å²) in [6, 6.07) is 8.03. The highest BCUT2D eigenvalue weighted by molar-refractivity contribution is 5.92. The van der Waals surface area contributed by atoms with Crippen molar-refractivity contribution in [3.05, 3.63) is 41.5 Å². The Morgan fingerprint density at radius 1 is 1.55 bits per heavy atom. The number of hydrogen-bond acceptors (Lipinski definition) is 3. The fourth-order valence-corrected chi connectivity index (χ4v) is 2.27. The zero-order valence-electron chi connectivity index (χ0n) is 12.0. The number of nitrogens with zero attached hydrogens (tertiary/aromatic N) is 1. The van der Waals surface area contributed by atoms with Crippen molar-refractivity contribution in [3.63, 3.8) is 0 Å². The van der Waals surface area contributed by atoms with E-state index < -0.39 is 0 Å². The molecule has 108 valence electrons. The number of aryl methyl sites for hydroxylation is 1. The van der Waals surface area contributed by atoms with Gasteiger partial charge in [-0.25, -0.2) is 0 Å². The third-order valence-corrected chi connectivity index (χ3v) is 3.45. The summed E-state index contributed by atoms with van der Waals surface area (Å²) < 4.78 is 5.43. The van der Waals surface area contributed by atoms with Gasteiger partial charge in [0.1, 0.15) is 0 Å². The molecule has 1 amide bonds. The van der Waals surface area contributed by atoms with Crippen molar-refractivity contribution in [2.45, 2.75) is 26.0 Å². The van der Waals surface area contributed by atoms with Crippen molar-refractivity contribution in [2.24, 2.45) is 0 Å². The standard InChI is InChI=1S/C16H21NO3/c1-12-4-3-5-14(8-12)6-7-16(19)17-9-15(10-18)20-11-13(17)2/h3-8,13,15,18H,9-11H2,1-2H3/b7-6+. The van der Waals surface area contributed by atoms with Gasteiger partial charge in [0.2, 0.25) is 5.91 Å². The molecule has 1 aliphatic rings. The van der Waals surface area contributed by atoms with E-state index in [1.165, 1.54) is 5.56 Å². The smallest absolute Gasteiger partial charge is 0.246 e. The molecule has 1 N–H and O–H groups in total. The van der Waals surface area contributed by atoms with Crippen LogP contribution < -0.4 is 0 Å². The van der Waals surface area contributed by atoms with E-state index in [2.05, 4.69) is 0 Å². The third-order valence-electron chi connectivity index (χ3n) is 3.45. The highest BCUT2D eigenvalue weighted by atomic mass is 16.5. The Balaban J connectivity index is 2.03. The van der Waals surface area contributed by atoms with Gasteiger partial charge < -0.3 is 14.7 Å². The van der Waals surface area contributed by atoms with Crippen molar-refractivity contribution in [1.29, 1.82) is 0 Å². The Hall–Kier alpha value is -1.65. The normalized spacial score (nSPS) is 23.2. The Morgan fingerprint density at radius 3 is 3.05 bits per heavy atom. The molecule has 2 rings (SSSR count). The average Bonchev–Trinajstić information content (AvgIpc) is 2.45. The minimum atomic E-state index is -0.275. The zero-order valence-corrected chi connectivity index (χ0v) is 12.0. The van der Waals surface area contributed by atoms with Crippen LogP contribution in [0, 0.1) is 6.92 Å². The maximum Gasteiger partial charge on any atom is 0.246 e. The number of ether oxygens (including phenoxy) is 1. The number of aliphatic hydroxyl groups excluding tert-OH is 1. The van der Waals surface area contributed by atoms with E-state index >= 15 is 0 Å². The molecular formula is C16H21NO3. The molecule has 0 aliphatic carbocycles. The Kier molecular flexibility index (Phi) is 4.93. The molecule has 0 aromatic heterocycles. The minimum absolute atomic E-state index is 0.0347. The monoisotopic (exact) mass is 275 g/mol. The van der Waals surface area contributed by atoms with E-state index in [1.54, 1.807) is 11.0 Å². The topological polar surface area (TPSA) is 49.8 Å². The summed E-state index contributed by atoms with van der Waals surface area (Å²) in [5.41, 5.74) is 2.18. The number of carbonyl (C=O) groups excluding carboxylic acids is 1. The lowest BCUT2D eigenvalue weighted by atomic mass is 10.1. The summed E-state index contributed by atoms with van der Waals surface area (Å²) in [6.45, 7) is 4.82. The molecule has 0 spiro atoms. The van der Waals surface area contributed by atoms with Gasteiger partial charge >= 0.3 is 0 Å². The summed E-state index contributed by atoms with van der Waals surface area (Å²) in [7, 11) is 0. The summed E-state index contributed by atoms with van der Waals surface area (Å²) >= 11 is 0. The number of hydrogen-bond donors (Lipinski definition) is 1. The highest BCUT2D eigenvalue weighted by Crippen LogP contribution is 2.13. The first-order chi connectivity index (χ1) is 9.60. The second-order valence-electron chi connectivity index (χ2n) is 5.23. The molecule has 1 aromatic rings. The van der Waals surface area contributed by atoms with Gasteiger partial charge in [-0.15, -0.1) is 0 Å². The molecule has 4 heteroatoms. The fraction of sp³-hybridized carbons (Fsp3) is 0.438. The van der Waals surface area contributed by atoms with Gasteiger partial charge in [0.05, 0.1) is 25.4 Å². The molecule has 0 bridgehead atoms. The quantitative estimate of drug-likeness (QED) is 0.853. The van der Waals surface area contributed by atoms with Crippen LogP contribution in [-0.2, 0) is 9.53 Å². The number of carbonyl (C=O) groups is 1. The average molecular weight is 275 g/mol. The molecule has 20 heavy (non-hydrogen) atoms. The molecule has 1 aromatic carbocycles. The van der Waals surface area contributed by atoms with E-state index in [1.807, 2.05) is 44.2 Å². The summed E-state index contributed by atoms with van der Waals surface area (Å²) in [6.07, 6.45) is 3.14. The molecule has 2 atom stereocenters. The van der Waals surface area contributed by atoms with Crippen LogP contribution in [0.2, 0.25) is 0 Å². The van der Waals surface area contributed by atoms with Crippen LogP contribution in [0.1, 0.15) is 18.1 Å². The van der Waals surface area contributed by atoms with Crippen molar-refractivity contribution in [2.75, 3.05) is 19.8 Å². The maximum atomic E-state index is 12.2. The molecule has 4 nitrogen and oxygen atoms in total. The van der Waals surface area contributed by atoms with Gasteiger partial charge in [-0.05, 0) is 25.5 Å². The molecule has 1 saturated heterocycles. The van der Waals surface area contributed by atoms with Crippen molar-refractivity contribution in [1.82, 2.24) is 4.90 Å². The molecule has 2 unspecified atom stereocenters. The second-order valence-corrected chi connectivity index (χ2v) is 5.23. The van der Waals surface area contributed by atoms with E-state index in [9.17, 15) is 4.79 Å². The van der Waals surface area contributed by atoms with E-state index in [0.29, 0.717) is 13.2 Å². The minimum Gasteiger partial charge on any atom is -0.394 e. The third kappa shape index (κ3) is 3.68. The first-order valence-electron chi connectivity index (χ1n) is 6.88. The fourth-order valence-electron chi connectivity index (χ4n) is 2.27. The summed E-state index contributed by atoms with van der Waals surface area (Å²) in [5, 5.41) is 9.13. The van der Waals surface area contributed by atoms with Crippen LogP contribution in [0.15, 0.2) is 30.3 Å². The summed E-state index contributed by atoms with van der Waals surface area (Å²) in [5.74, 6) is -0.0410. The number of benzene rings is 1. The molecule has 0 radical (unpaired) electrons. The molecule has 0 saturated carbocycles. The van der Waals surface area contributed by atoms with Crippen LogP contribution >= 0.6 is 0 Å². The summed E-state index contributed by atoms with van der Waals surface area (Å²) in [4.78, 5) is 14.0. The van der Waals surface area contributed by atoms with Gasteiger partial charge in [0, 0.05) is 12.6 Å². The SMILES string of the molecule is Cc1cccc(/C=C/C(=O)N2CC(CO)OCC2C)c1. The van der Waals surface area contributed by atoms with E-state index in [-0.39, 0.29) is 24.7 Å². The zero-order chi connectivity index (χ0) is 14.5. The van der Waals surface area contributed by atoms with Gasteiger partial charge in [-0.2, -0.15) is 0 Å². The van der Waals surface area contributed by atoms with Crippen LogP contribution in [-0.4, -0.2) is 47.8 Å². The van der Waals surface area contributed by atoms with Gasteiger partial charge in [0.25, 0.3) is 0 Å². The molecule has 1 aliphatic heterocycles. The van der Waals surface area contributed by atoms with Crippen LogP contribution in [0.3, 0.4) is 0 Å². The van der Waals surface area contributed by atoms with Crippen LogP contribution in [0.25, 0.3) is 6.08 Å². The number of rotatable bonds is 3.